The summed E-state index contributed by atoms with van der Waals surface area (Å²) in [6, 6.07) is 0.290. The van der Waals surface area contributed by atoms with Gasteiger partial charge in [0.2, 0.25) is 0 Å². The topological polar surface area (TPSA) is 26.0 Å². The SMILES string of the molecule is C[C@H](N)C1=CCCCCC1. The van der Waals surface area contributed by atoms with Crippen molar-refractivity contribution in [1.82, 2.24) is 0 Å². The summed E-state index contributed by atoms with van der Waals surface area (Å²) in [5.41, 5.74) is 7.24. The molecule has 1 aliphatic rings. The van der Waals surface area contributed by atoms with E-state index < -0.39 is 0 Å². The molecule has 1 atom stereocenters. The molecular weight excluding hydrogens is 122 g/mol. The summed E-state index contributed by atoms with van der Waals surface area (Å²) in [7, 11) is 0. The maximum atomic E-state index is 5.77. The van der Waals surface area contributed by atoms with Gasteiger partial charge in [0.15, 0.2) is 0 Å². The Balaban J connectivity index is 2.46. The van der Waals surface area contributed by atoms with Crippen molar-refractivity contribution in [2.75, 3.05) is 0 Å². The largest absolute Gasteiger partial charge is 0.324 e. The highest BCUT2D eigenvalue weighted by Gasteiger charge is 2.05. The molecule has 0 spiro atoms. The van der Waals surface area contributed by atoms with Gasteiger partial charge in [-0.3, -0.25) is 0 Å². The molecule has 0 saturated carbocycles. The molecule has 2 N–H and O–H groups in total. The predicted octanol–water partition coefficient (Wildman–Crippen LogP) is 2.22. The highest BCUT2D eigenvalue weighted by Crippen LogP contribution is 2.18. The second kappa shape index (κ2) is 3.77. The summed E-state index contributed by atoms with van der Waals surface area (Å²) >= 11 is 0. The lowest BCUT2D eigenvalue weighted by Crippen LogP contribution is -2.17. The maximum absolute atomic E-state index is 5.77. The van der Waals surface area contributed by atoms with Crippen LogP contribution in [0.25, 0.3) is 0 Å². The van der Waals surface area contributed by atoms with Crippen molar-refractivity contribution in [2.24, 2.45) is 5.73 Å². The van der Waals surface area contributed by atoms with Gasteiger partial charge in [0.1, 0.15) is 0 Å². The van der Waals surface area contributed by atoms with Gasteiger partial charge in [-0.05, 0) is 32.6 Å². The van der Waals surface area contributed by atoms with E-state index in [2.05, 4.69) is 13.0 Å². The number of rotatable bonds is 1. The van der Waals surface area contributed by atoms with Gasteiger partial charge >= 0.3 is 0 Å². The lowest BCUT2D eigenvalue weighted by Gasteiger charge is -2.07. The molecule has 0 heterocycles. The Kier molecular flexibility index (Phi) is 2.94. The van der Waals surface area contributed by atoms with E-state index in [1.165, 1.54) is 37.7 Å². The van der Waals surface area contributed by atoms with Gasteiger partial charge in [-0.25, -0.2) is 0 Å². The van der Waals surface area contributed by atoms with Gasteiger partial charge in [0.05, 0.1) is 0 Å². The quantitative estimate of drug-likeness (QED) is 0.554. The van der Waals surface area contributed by atoms with E-state index in [0.717, 1.165) is 0 Å². The third-order valence-electron chi connectivity index (χ3n) is 2.16. The number of hydrogen-bond donors (Lipinski definition) is 1. The Morgan fingerprint density at radius 1 is 1.40 bits per heavy atom. The molecule has 1 aliphatic carbocycles. The van der Waals surface area contributed by atoms with Crippen molar-refractivity contribution in [2.45, 2.75) is 45.1 Å². The summed E-state index contributed by atoms with van der Waals surface area (Å²) in [6.45, 7) is 2.08. The van der Waals surface area contributed by atoms with Crippen LogP contribution in [0.4, 0.5) is 0 Å². The van der Waals surface area contributed by atoms with E-state index in [-0.39, 0.29) is 6.04 Å². The number of hydrogen-bond acceptors (Lipinski definition) is 1. The van der Waals surface area contributed by atoms with Crippen molar-refractivity contribution in [3.8, 4) is 0 Å². The third-order valence-corrected chi connectivity index (χ3v) is 2.16. The second-order valence-corrected chi connectivity index (χ2v) is 3.17. The van der Waals surface area contributed by atoms with Crippen LogP contribution in [0.15, 0.2) is 11.6 Å². The second-order valence-electron chi connectivity index (χ2n) is 3.17. The van der Waals surface area contributed by atoms with E-state index in [1.54, 1.807) is 0 Å². The molecule has 0 unspecified atom stereocenters. The Morgan fingerprint density at radius 2 is 2.20 bits per heavy atom. The first-order valence-electron chi connectivity index (χ1n) is 4.25. The van der Waals surface area contributed by atoms with E-state index in [9.17, 15) is 0 Å². The molecule has 0 aromatic carbocycles. The number of allylic oxidation sites excluding steroid dienone is 1. The first kappa shape index (κ1) is 7.80. The van der Waals surface area contributed by atoms with Gasteiger partial charge in [-0.15, -0.1) is 0 Å². The third kappa shape index (κ3) is 2.14. The summed E-state index contributed by atoms with van der Waals surface area (Å²) in [6.07, 6.45) is 8.89. The van der Waals surface area contributed by atoms with Crippen LogP contribution in [0.1, 0.15) is 39.0 Å². The maximum Gasteiger partial charge on any atom is 0.0224 e. The van der Waals surface area contributed by atoms with Gasteiger partial charge in [-0.1, -0.05) is 18.1 Å². The molecular formula is C9H17N. The van der Waals surface area contributed by atoms with Crippen LogP contribution in [-0.2, 0) is 0 Å². The van der Waals surface area contributed by atoms with Crippen molar-refractivity contribution in [3.05, 3.63) is 11.6 Å². The summed E-state index contributed by atoms with van der Waals surface area (Å²) < 4.78 is 0. The van der Waals surface area contributed by atoms with Crippen LogP contribution < -0.4 is 5.73 Å². The fraction of sp³-hybridized carbons (Fsp3) is 0.778. The average Bonchev–Trinajstić information content (AvgIpc) is 2.12. The molecule has 1 heteroatoms. The minimum atomic E-state index is 0.290. The number of nitrogens with two attached hydrogens (primary N) is 1. The van der Waals surface area contributed by atoms with Crippen molar-refractivity contribution in [1.29, 1.82) is 0 Å². The zero-order valence-electron chi connectivity index (χ0n) is 6.77. The van der Waals surface area contributed by atoms with E-state index in [0.29, 0.717) is 0 Å². The highest BCUT2D eigenvalue weighted by molar-refractivity contribution is 5.09. The summed E-state index contributed by atoms with van der Waals surface area (Å²) in [4.78, 5) is 0. The zero-order valence-corrected chi connectivity index (χ0v) is 6.77. The molecule has 0 aromatic rings. The lowest BCUT2D eigenvalue weighted by atomic mass is 10.0. The highest BCUT2D eigenvalue weighted by atomic mass is 14.6. The molecule has 0 aliphatic heterocycles. The van der Waals surface area contributed by atoms with Crippen LogP contribution in [0.3, 0.4) is 0 Å². The average molecular weight is 139 g/mol. The standard InChI is InChI=1S/C9H17N/c1-8(10)9-6-4-2-3-5-7-9/h6,8H,2-5,7,10H2,1H3/t8-/m0/s1. The van der Waals surface area contributed by atoms with Gasteiger partial charge in [0, 0.05) is 6.04 Å². The molecule has 1 nitrogen and oxygen atoms in total. The monoisotopic (exact) mass is 139 g/mol. The Bertz CT molecular complexity index is 125. The normalized spacial score (nSPS) is 23.2. The van der Waals surface area contributed by atoms with Gasteiger partial charge < -0.3 is 5.73 Å². The summed E-state index contributed by atoms with van der Waals surface area (Å²) in [5, 5.41) is 0. The molecule has 1 rings (SSSR count). The van der Waals surface area contributed by atoms with Crippen LogP contribution in [0.5, 0.6) is 0 Å². The van der Waals surface area contributed by atoms with E-state index in [4.69, 9.17) is 5.73 Å². The first-order chi connectivity index (χ1) is 4.80. The minimum absolute atomic E-state index is 0.290. The van der Waals surface area contributed by atoms with Crippen LogP contribution >= 0.6 is 0 Å². The Hall–Kier alpha value is -0.300. The van der Waals surface area contributed by atoms with Crippen LogP contribution in [0.2, 0.25) is 0 Å². The molecule has 58 valence electrons. The molecule has 0 fully saturated rings. The van der Waals surface area contributed by atoms with E-state index >= 15 is 0 Å². The minimum Gasteiger partial charge on any atom is -0.324 e. The fourth-order valence-electron chi connectivity index (χ4n) is 1.45. The first-order valence-corrected chi connectivity index (χ1v) is 4.25. The lowest BCUT2D eigenvalue weighted by molar-refractivity contribution is 0.691. The Labute approximate surface area is 63.3 Å². The molecule has 0 aromatic heterocycles. The van der Waals surface area contributed by atoms with Gasteiger partial charge in [-0.2, -0.15) is 0 Å². The summed E-state index contributed by atoms with van der Waals surface area (Å²) in [5.74, 6) is 0. The smallest absolute Gasteiger partial charge is 0.0224 e. The van der Waals surface area contributed by atoms with Gasteiger partial charge in [0.25, 0.3) is 0 Å². The van der Waals surface area contributed by atoms with E-state index in [1.807, 2.05) is 0 Å². The molecule has 10 heavy (non-hydrogen) atoms. The molecule has 0 saturated heterocycles. The van der Waals surface area contributed by atoms with Crippen LogP contribution in [-0.4, -0.2) is 6.04 Å². The zero-order chi connectivity index (χ0) is 7.40. The molecule has 0 radical (unpaired) electrons. The fourth-order valence-corrected chi connectivity index (χ4v) is 1.45. The Morgan fingerprint density at radius 3 is 2.90 bits per heavy atom. The molecule has 0 amide bonds. The van der Waals surface area contributed by atoms with Crippen molar-refractivity contribution < 1.29 is 0 Å². The predicted molar refractivity (Wildman–Crippen MR) is 44.8 cm³/mol. The van der Waals surface area contributed by atoms with Crippen molar-refractivity contribution in [3.63, 3.8) is 0 Å². The molecule has 0 bridgehead atoms. The van der Waals surface area contributed by atoms with Crippen molar-refractivity contribution >= 4 is 0 Å². The van der Waals surface area contributed by atoms with Crippen LogP contribution in [0, 0.1) is 0 Å².